The summed E-state index contributed by atoms with van der Waals surface area (Å²) >= 11 is 0. The summed E-state index contributed by atoms with van der Waals surface area (Å²) in [5.41, 5.74) is 4.93. The van der Waals surface area contributed by atoms with Crippen LogP contribution >= 0.6 is 0 Å². The lowest BCUT2D eigenvalue weighted by atomic mass is 9.86. The van der Waals surface area contributed by atoms with Crippen LogP contribution in [0.4, 0.5) is 4.79 Å². The zero-order valence-corrected chi connectivity index (χ0v) is 13.7. The molecule has 0 aromatic heterocycles. The van der Waals surface area contributed by atoms with Gasteiger partial charge in [0.1, 0.15) is 17.0 Å². The number of hydrogen-bond donors (Lipinski definition) is 2. The van der Waals surface area contributed by atoms with Crippen molar-refractivity contribution < 1.29 is 19.1 Å². The highest BCUT2D eigenvalue weighted by atomic mass is 16.5. The van der Waals surface area contributed by atoms with Gasteiger partial charge < -0.3 is 20.5 Å². The van der Waals surface area contributed by atoms with Crippen LogP contribution in [0.3, 0.4) is 0 Å². The number of rotatable bonds is 7. The van der Waals surface area contributed by atoms with Crippen LogP contribution in [0.1, 0.15) is 25.3 Å². The quantitative estimate of drug-likeness (QED) is 0.736. The summed E-state index contributed by atoms with van der Waals surface area (Å²) in [5.74, 6) is 0.836. The van der Waals surface area contributed by atoms with Gasteiger partial charge in [-0.3, -0.25) is 9.69 Å². The van der Waals surface area contributed by atoms with Crippen LogP contribution in [0.2, 0.25) is 0 Å². The number of imide groups is 1. The van der Waals surface area contributed by atoms with Crippen molar-refractivity contribution in [2.45, 2.75) is 25.3 Å². The molecule has 1 aromatic carbocycles. The maximum atomic E-state index is 12.9. The molecule has 23 heavy (non-hydrogen) atoms. The van der Waals surface area contributed by atoms with Gasteiger partial charge in [0.05, 0.1) is 14.2 Å². The minimum absolute atomic E-state index is 0.287. The van der Waals surface area contributed by atoms with Gasteiger partial charge in [-0.05, 0) is 37.6 Å². The van der Waals surface area contributed by atoms with Crippen LogP contribution < -0.4 is 20.5 Å². The predicted octanol–water partition coefficient (Wildman–Crippen LogP) is 1.21. The van der Waals surface area contributed by atoms with Crippen molar-refractivity contribution in [1.82, 2.24) is 10.2 Å². The molecule has 126 valence electrons. The highest BCUT2D eigenvalue weighted by Gasteiger charge is 2.52. The summed E-state index contributed by atoms with van der Waals surface area (Å²) in [5, 5.41) is 2.83. The van der Waals surface area contributed by atoms with Gasteiger partial charge in [0.2, 0.25) is 0 Å². The van der Waals surface area contributed by atoms with E-state index in [0.717, 1.165) is 0 Å². The number of benzene rings is 1. The number of methoxy groups -OCH3 is 2. The summed E-state index contributed by atoms with van der Waals surface area (Å²) in [7, 11) is 3.08. The van der Waals surface area contributed by atoms with Crippen molar-refractivity contribution >= 4 is 11.9 Å². The summed E-state index contributed by atoms with van der Waals surface area (Å²) in [6, 6.07) is 4.80. The zero-order chi connectivity index (χ0) is 17.0. The first kappa shape index (κ1) is 17.1. The van der Waals surface area contributed by atoms with Gasteiger partial charge in [0.15, 0.2) is 0 Å². The number of carbonyl (C=O) groups excluding carboxylic acids is 2. The van der Waals surface area contributed by atoms with Crippen LogP contribution in [-0.4, -0.2) is 44.1 Å². The molecule has 0 aliphatic carbocycles. The Bertz CT molecular complexity index is 605. The maximum absolute atomic E-state index is 12.9. The van der Waals surface area contributed by atoms with E-state index in [9.17, 15) is 9.59 Å². The van der Waals surface area contributed by atoms with E-state index in [2.05, 4.69) is 5.32 Å². The van der Waals surface area contributed by atoms with Crippen LogP contribution in [0.5, 0.6) is 11.5 Å². The normalized spacial score (nSPS) is 20.6. The van der Waals surface area contributed by atoms with Gasteiger partial charge >= 0.3 is 6.03 Å². The third-order valence-electron chi connectivity index (χ3n) is 4.16. The molecule has 1 aliphatic heterocycles. The second kappa shape index (κ2) is 6.87. The Kier molecular flexibility index (Phi) is 5.10. The van der Waals surface area contributed by atoms with Gasteiger partial charge in [-0.15, -0.1) is 0 Å². The SMILES string of the molecule is CCC1(c2cc(OC)ccc2OC)NC(=O)N(CCCN)C1=O. The smallest absolute Gasteiger partial charge is 0.325 e. The Morgan fingerprint density at radius 3 is 2.57 bits per heavy atom. The predicted molar refractivity (Wildman–Crippen MR) is 85.4 cm³/mol. The Hall–Kier alpha value is -2.28. The van der Waals surface area contributed by atoms with Crippen molar-refractivity contribution in [3.63, 3.8) is 0 Å². The number of carbonyl (C=O) groups is 2. The van der Waals surface area contributed by atoms with Gasteiger partial charge in [-0.2, -0.15) is 0 Å². The third kappa shape index (κ3) is 2.84. The van der Waals surface area contributed by atoms with E-state index < -0.39 is 11.6 Å². The molecule has 7 heteroatoms. The van der Waals surface area contributed by atoms with Gasteiger partial charge in [-0.1, -0.05) is 6.92 Å². The Morgan fingerprint density at radius 2 is 2.00 bits per heavy atom. The molecule has 0 radical (unpaired) electrons. The molecular formula is C16H23N3O4. The molecular weight excluding hydrogens is 298 g/mol. The van der Waals surface area contributed by atoms with Crippen molar-refractivity contribution in [3.05, 3.63) is 23.8 Å². The van der Waals surface area contributed by atoms with Gasteiger partial charge in [-0.25, -0.2) is 4.79 Å². The lowest BCUT2D eigenvalue weighted by molar-refractivity contribution is -0.131. The number of nitrogens with two attached hydrogens (primary N) is 1. The third-order valence-corrected chi connectivity index (χ3v) is 4.16. The molecule has 2 rings (SSSR count). The van der Waals surface area contributed by atoms with Gasteiger partial charge in [0.25, 0.3) is 5.91 Å². The number of urea groups is 1. The molecule has 1 atom stereocenters. The Morgan fingerprint density at radius 1 is 1.26 bits per heavy atom. The van der Waals surface area contributed by atoms with E-state index >= 15 is 0 Å². The molecule has 3 N–H and O–H groups in total. The minimum Gasteiger partial charge on any atom is -0.497 e. The lowest BCUT2D eigenvalue weighted by Crippen LogP contribution is -2.43. The molecule has 0 saturated carbocycles. The second-order valence-electron chi connectivity index (χ2n) is 5.35. The van der Waals surface area contributed by atoms with Crippen molar-refractivity contribution in [2.24, 2.45) is 5.73 Å². The highest BCUT2D eigenvalue weighted by Crippen LogP contribution is 2.39. The van der Waals surface area contributed by atoms with Crippen LogP contribution in [0.15, 0.2) is 18.2 Å². The van der Waals surface area contributed by atoms with E-state index in [0.29, 0.717) is 43.0 Å². The van der Waals surface area contributed by atoms with E-state index in [1.165, 1.54) is 12.0 Å². The number of nitrogens with zero attached hydrogens (tertiary/aromatic N) is 1. The first-order valence-electron chi connectivity index (χ1n) is 7.60. The molecule has 1 fully saturated rings. The molecule has 0 bridgehead atoms. The average Bonchev–Trinajstić information content (AvgIpc) is 2.83. The van der Waals surface area contributed by atoms with Crippen LogP contribution in [-0.2, 0) is 10.3 Å². The second-order valence-corrected chi connectivity index (χ2v) is 5.35. The van der Waals surface area contributed by atoms with E-state index in [1.807, 2.05) is 6.92 Å². The number of hydrogen-bond acceptors (Lipinski definition) is 5. The molecule has 1 aliphatic rings. The fraction of sp³-hybridized carbons (Fsp3) is 0.500. The fourth-order valence-electron chi connectivity index (χ4n) is 2.84. The van der Waals surface area contributed by atoms with Crippen LogP contribution in [0.25, 0.3) is 0 Å². The van der Waals surface area contributed by atoms with E-state index in [4.69, 9.17) is 15.2 Å². The Balaban J connectivity index is 2.50. The number of amides is 3. The molecule has 3 amide bonds. The first-order chi connectivity index (χ1) is 11.0. The number of nitrogens with one attached hydrogen (secondary N) is 1. The van der Waals surface area contributed by atoms with Gasteiger partial charge in [0, 0.05) is 12.1 Å². The molecule has 0 spiro atoms. The van der Waals surface area contributed by atoms with Crippen molar-refractivity contribution in [1.29, 1.82) is 0 Å². The summed E-state index contributed by atoms with van der Waals surface area (Å²) in [4.78, 5) is 26.4. The molecule has 1 unspecified atom stereocenters. The standard InChI is InChI=1S/C16H23N3O4/c1-4-16(12-10-11(22-2)6-7-13(12)23-3)14(20)19(9-5-8-17)15(21)18-16/h6-7,10H,4-5,8-9,17H2,1-3H3,(H,18,21). The number of ether oxygens (including phenoxy) is 2. The lowest BCUT2D eigenvalue weighted by Gasteiger charge is -2.28. The molecule has 1 heterocycles. The molecule has 7 nitrogen and oxygen atoms in total. The monoisotopic (exact) mass is 321 g/mol. The topological polar surface area (TPSA) is 93.9 Å². The van der Waals surface area contributed by atoms with Crippen LogP contribution in [0, 0.1) is 0 Å². The largest absolute Gasteiger partial charge is 0.497 e. The summed E-state index contributed by atoms with van der Waals surface area (Å²) in [6.07, 6.45) is 0.967. The zero-order valence-electron chi connectivity index (χ0n) is 13.7. The van der Waals surface area contributed by atoms with E-state index in [-0.39, 0.29) is 5.91 Å². The fourth-order valence-corrected chi connectivity index (χ4v) is 2.84. The van der Waals surface area contributed by atoms with Crippen molar-refractivity contribution in [2.75, 3.05) is 27.3 Å². The average molecular weight is 321 g/mol. The highest BCUT2D eigenvalue weighted by molar-refractivity contribution is 6.07. The summed E-state index contributed by atoms with van der Waals surface area (Å²) in [6.45, 7) is 2.57. The molecule has 1 aromatic rings. The summed E-state index contributed by atoms with van der Waals surface area (Å²) < 4.78 is 10.6. The maximum Gasteiger partial charge on any atom is 0.325 e. The van der Waals surface area contributed by atoms with E-state index in [1.54, 1.807) is 25.3 Å². The van der Waals surface area contributed by atoms with Crippen molar-refractivity contribution in [3.8, 4) is 11.5 Å². The Labute approximate surface area is 135 Å². The minimum atomic E-state index is -1.15. The first-order valence-corrected chi connectivity index (χ1v) is 7.60. The molecule has 1 saturated heterocycles.